The van der Waals surface area contributed by atoms with Crippen molar-refractivity contribution < 1.29 is 37.3 Å². The van der Waals surface area contributed by atoms with E-state index in [-0.39, 0.29) is 36.3 Å². The largest absolute Gasteiger partial charge is 0.377 e. The number of ether oxygens (including phenoxy) is 4. The number of amides is 1. The Bertz CT molecular complexity index is 1760. The molecule has 1 aliphatic rings. The highest BCUT2D eigenvalue weighted by Gasteiger charge is 2.25. The van der Waals surface area contributed by atoms with Gasteiger partial charge in [-0.2, -0.15) is 0 Å². The number of rotatable bonds is 18. The van der Waals surface area contributed by atoms with E-state index in [9.17, 15) is 18.4 Å². The Morgan fingerprint density at radius 2 is 1.53 bits per heavy atom. The monoisotopic (exact) mass is 693 g/mol. The van der Waals surface area contributed by atoms with Crippen LogP contribution in [0.1, 0.15) is 27.0 Å². The van der Waals surface area contributed by atoms with Gasteiger partial charge < -0.3 is 34.4 Å². The Morgan fingerprint density at radius 1 is 0.857 bits per heavy atom. The zero-order valence-corrected chi connectivity index (χ0v) is 27.2. The van der Waals surface area contributed by atoms with Gasteiger partial charge in [0.2, 0.25) is 5.95 Å². The molecule has 0 bridgehead atoms. The van der Waals surface area contributed by atoms with Crippen LogP contribution < -0.4 is 10.6 Å². The number of benzene rings is 3. The quantitative estimate of drug-likeness (QED) is 0.107. The van der Waals surface area contributed by atoms with Crippen molar-refractivity contribution in [2.24, 2.45) is 4.99 Å². The number of aromatic nitrogens is 2. The van der Waals surface area contributed by atoms with E-state index in [1.165, 1.54) is 18.2 Å². The molecule has 1 amide bonds. The zero-order valence-electron chi connectivity index (χ0n) is 26.4. The van der Waals surface area contributed by atoms with Gasteiger partial charge in [-0.15, -0.1) is 0 Å². The molecule has 0 spiro atoms. The second-order valence-corrected chi connectivity index (χ2v) is 11.0. The maximum Gasteiger partial charge on any atom is 0.251 e. The van der Waals surface area contributed by atoms with Crippen molar-refractivity contribution >= 4 is 41.1 Å². The molecule has 5 rings (SSSR count). The summed E-state index contributed by atoms with van der Waals surface area (Å²) in [4.78, 5) is 36.4. The molecule has 0 atom stereocenters. The first-order valence-corrected chi connectivity index (χ1v) is 15.9. The molecule has 1 aliphatic heterocycles. The minimum absolute atomic E-state index is 0.0638. The fourth-order valence-electron chi connectivity index (χ4n) is 4.89. The van der Waals surface area contributed by atoms with Gasteiger partial charge in [0.15, 0.2) is 0 Å². The molecule has 14 heteroatoms. The molecule has 0 saturated carbocycles. The van der Waals surface area contributed by atoms with Crippen molar-refractivity contribution in [3.63, 3.8) is 0 Å². The van der Waals surface area contributed by atoms with Crippen LogP contribution in [-0.4, -0.2) is 87.3 Å². The van der Waals surface area contributed by atoms with Crippen LogP contribution in [-0.2, 0) is 30.3 Å². The molecule has 4 aromatic rings. The number of aldehydes is 1. The third-order valence-corrected chi connectivity index (χ3v) is 7.44. The number of carbonyl (C=O) groups excluding carboxylic acids is 2. The summed E-state index contributed by atoms with van der Waals surface area (Å²) in [6.07, 6.45) is 2.31. The Balaban J connectivity index is 1.11. The molecule has 49 heavy (non-hydrogen) atoms. The average molecular weight is 694 g/mol. The fourth-order valence-corrected chi connectivity index (χ4v) is 5.06. The molecule has 2 N–H and O–H groups in total. The van der Waals surface area contributed by atoms with E-state index in [2.05, 4.69) is 20.6 Å². The summed E-state index contributed by atoms with van der Waals surface area (Å²) >= 11 is 6.31. The van der Waals surface area contributed by atoms with Crippen LogP contribution in [0.2, 0.25) is 5.02 Å². The average Bonchev–Trinajstić information content (AvgIpc) is 3.25. The number of aliphatic imine (C=N–C) groups is 1. The summed E-state index contributed by atoms with van der Waals surface area (Å²) in [7, 11) is 0. The minimum atomic E-state index is -0.731. The number of fused-ring (bicyclic) bond motifs is 3. The first kappa shape index (κ1) is 35.6. The topological polar surface area (TPSA) is 133 Å². The molecule has 1 aromatic heterocycles. The molecule has 3 aromatic carbocycles. The van der Waals surface area contributed by atoms with Gasteiger partial charge in [0.05, 0.1) is 69.8 Å². The van der Waals surface area contributed by atoms with Crippen molar-refractivity contribution in [2.75, 3.05) is 64.7 Å². The summed E-state index contributed by atoms with van der Waals surface area (Å²) in [6, 6.07) is 15.5. The third kappa shape index (κ3) is 9.94. The Morgan fingerprint density at radius 3 is 2.22 bits per heavy atom. The molecule has 256 valence electrons. The number of nitrogens with one attached hydrogen (secondary N) is 2. The third-order valence-electron chi connectivity index (χ3n) is 7.20. The Kier molecular flexibility index (Phi) is 13.2. The standard InChI is InChI=1S/C35H34ClF2N5O6/c36-25-6-9-27-28(20-25)33(31-29(37)2-1-3-30(31)38)40-21-24-22-41-35(43-32(24)27)42-26-7-4-23(5-8-26)34(45)39-10-12-46-14-16-48-18-19-49-17-15-47-13-11-44/h1-9,11,20,22H,10,12-19,21H2,(H,39,45)(H,41,42,43). The molecule has 0 aliphatic carbocycles. The van der Waals surface area contributed by atoms with Crippen molar-refractivity contribution in [1.29, 1.82) is 0 Å². The molecular formula is C35H34ClF2N5O6. The zero-order chi connectivity index (χ0) is 34.4. The maximum atomic E-state index is 14.8. The summed E-state index contributed by atoms with van der Waals surface area (Å²) < 4.78 is 50.8. The number of halogens is 3. The second kappa shape index (κ2) is 18.2. The first-order valence-electron chi connectivity index (χ1n) is 15.5. The lowest BCUT2D eigenvalue weighted by Crippen LogP contribution is -2.27. The smallest absolute Gasteiger partial charge is 0.251 e. The lowest BCUT2D eigenvalue weighted by molar-refractivity contribution is -0.112. The number of hydrogen-bond donors (Lipinski definition) is 2. The van der Waals surface area contributed by atoms with Gasteiger partial charge in [-0.25, -0.2) is 18.7 Å². The summed E-state index contributed by atoms with van der Waals surface area (Å²) in [5.41, 5.74) is 3.29. The first-order chi connectivity index (χ1) is 23.9. The summed E-state index contributed by atoms with van der Waals surface area (Å²) in [5, 5.41) is 6.35. The van der Waals surface area contributed by atoms with Crippen LogP contribution in [0.15, 0.2) is 71.9 Å². The van der Waals surface area contributed by atoms with Crippen LogP contribution in [0, 0.1) is 11.6 Å². The normalized spacial score (nSPS) is 12.0. The van der Waals surface area contributed by atoms with Gasteiger partial charge >= 0.3 is 0 Å². The Hall–Kier alpha value is -4.66. The van der Waals surface area contributed by atoms with Crippen molar-refractivity contribution in [1.82, 2.24) is 15.3 Å². The van der Waals surface area contributed by atoms with Gasteiger partial charge in [0.1, 0.15) is 24.5 Å². The van der Waals surface area contributed by atoms with E-state index >= 15 is 0 Å². The molecule has 11 nitrogen and oxygen atoms in total. The van der Waals surface area contributed by atoms with Crippen LogP contribution in [0.5, 0.6) is 0 Å². The lowest BCUT2D eigenvalue weighted by Gasteiger charge is -2.13. The van der Waals surface area contributed by atoms with Crippen molar-refractivity contribution in [3.05, 3.63) is 106 Å². The number of anilines is 2. The van der Waals surface area contributed by atoms with Gasteiger partial charge in [-0.05, 0) is 48.5 Å². The van der Waals surface area contributed by atoms with E-state index in [0.29, 0.717) is 97.7 Å². The highest BCUT2D eigenvalue weighted by molar-refractivity contribution is 6.31. The maximum absolute atomic E-state index is 14.8. The van der Waals surface area contributed by atoms with E-state index in [4.69, 9.17) is 35.5 Å². The van der Waals surface area contributed by atoms with E-state index < -0.39 is 11.6 Å². The summed E-state index contributed by atoms with van der Waals surface area (Å²) in [6.45, 7) is 3.16. The predicted octanol–water partition coefficient (Wildman–Crippen LogP) is 5.16. The van der Waals surface area contributed by atoms with Gasteiger partial charge in [0.25, 0.3) is 5.91 Å². The van der Waals surface area contributed by atoms with Crippen LogP contribution in [0.4, 0.5) is 20.4 Å². The van der Waals surface area contributed by atoms with Gasteiger partial charge in [-0.3, -0.25) is 9.79 Å². The number of hydrogen-bond acceptors (Lipinski definition) is 10. The molecule has 0 saturated heterocycles. The predicted molar refractivity (Wildman–Crippen MR) is 180 cm³/mol. The van der Waals surface area contributed by atoms with Crippen LogP contribution >= 0.6 is 11.6 Å². The molecular weight excluding hydrogens is 660 g/mol. The van der Waals surface area contributed by atoms with Gasteiger partial charge in [-0.1, -0.05) is 23.7 Å². The minimum Gasteiger partial charge on any atom is -0.377 e. The van der Waals surface area contributed by atoms with Crippen LogP contribution in [0.25, 0.3) is 11.3 Å². The van der Waals surface area contributed by atoms with Crippen LogP contribution in [0.3, 0.4) is 0 Å². The van der Waals surface area contributed by atoms with Gasteiger partial charge in [0, 0.05) is 45.7 Å². The lowest BCUT2D eigenvalue weighted by atomic mass is 9.95. The second-order valence-electron chi connectivity index (χ2n) is 10.6. The molecule has 0 fully saturated rings. The molecule has 0 unspecified atom stereocenters. The van der Waals surface area contributed by atoms with E-state index in [1.807, 2.05) is 0 Å². The molecule has 2 heterocycles. The molecule has 0 radical (unpaired) electrons. The number of carbonyl (C=O) groups is 2. The van der Waals surface area contributed by atoms with E-state index in [0.717, 1.165) is 0 Å². The SMILES string of the molecule is O=CCOCCOCCOCCOCCNC(=O)c1ccc(Nc2ncc3c(n2)-c2ccc(Cl)cc2C(c2c(F)cccc2F)=NC3)cc1. The van der Waals surface area contributed by atoms with E-state index in [1.54, 1.807) is 48.7 Å². The van der Waals surface area contributed by atoms with Crippen molar-refractivity contribution in [2.45, 2.75) is 6.54 Å². The fraction of sp³-hybridized carbons (Fsp3) is 0.286. The Labute approximate surface area is 286 Å². The van der Waals surface area contributed by atoms with Crippen molar-refractivity contribution in [3.8, 4) is 11.3 Å². The summed E-state index contributed by atoms with van der Waals surface area (Å²) in [5.74, 6) is -1.43. The number of nitrogens with zero attached hydrogens (tertiary/aromatic N) is 3. The highest BCUT2D eigenvalue weighted by Crippen LogP contribution is 2.34. The highest BCUT2D eigenvalue weighted by atomic mass is 35.5.